The highest BCUT2D eigenvalue weighted by atomic mass is 35.5. The summed E-state index contributed by atoms with van der Waals surface area (Å²) in [5, 5.41) is 6.94. The molecule has 1 fully saturated rings. The number of anilines is 1. The van der Waals surface area contributed by atoms with E-state index in [0.717, 1.165) is 5.69 Å². The van der Waals surface area contributed by atoms with Crippen LogP contribution in [0.2, 0.25) is 5.02 Å². The third-order valence-electron chi connectivity index (χ3n) is 5.43. The van der Waals surface area contributed by atoms with Crippen molar-refractivity contribution < 1.29 is 17.6 Å². The third-order valence-corrected chi connectivity index (χ3v) is 7.50. The van der Waals surface area contributed by atoms with Gasteiger partial charge >= 0.3 is 0 Å². The number of carbonyl (C=O) groups excluding carboxylic acids is 1. The molecule has 0 aliphatic carbocycles. The van der Waals surface area contributed by atoms with Crippen molar-refractivity contribution in [2.75, 3.05) is 31.1 Å². The average Bonchev–Trinajstić information content (AvgIpc) is 3.21. The number of piperazine rings is 1. The van der Waals surface area contributed by atoms with Crippen molar-refractivity contribution in [1.82, 2.24) is 19.4 Å². The Morgan fingerprint density at radius 1 is 1.12 bits per heavy atom. The molecular weight excluding hydrogens is 469 g/mol. The van der Waals surface area contributed by atoms with Gasteiger partial charge in [0.05, 0.1) is 5.56 Å². The fraction of sp³-hybridized carbons (Fsp3) is 0.273. The largest absolute Gasteiger partial charge is 0.369 e. The summed E-state index contributed by atoms with van der Waals surface area (Å²) in [5.41, 5.74) is 1.15. The molecule has 1 aliphatic heterocycles. The van der Waals surface area contributed by atoms with Crippen molar-refractivity contribution in [3.63, 3.8) is 0 Å². The monoisotopic (exact) mass is 491 g/mol. The molecule has 1 amide bonds. The standard InChI is InChI=1S/C22H23ClFN5O3S/c1-27-15-19(21(30)25-14-16-5-2-3-8-20(16)24)22(26-27)33(31,32)29-11-9-28(10-12-29)18-7-4-6-17(23)13-18/h2-8,13,15H,9-12,14H2,1H3,(H,25,30). The molecule has 0 bridgehead atoms. The summed E-state index contributed by atoms with van der Waals surface area (Å²) in [5.74, 6) is -1.09. The van der Waals surface area contributed by atoms with Gasteiger partial charge in [-0.05, 0) is 24.3 Å². The molecule has 0 saturated carbocycles. The lowest BCUT2D eigenvalue weighted by molar-refractivity contribution is 0.0947. The number of halogens is 2. The number of nitrogens with zero attached hydrogens (tertiary/aromatic N) is 4. The molecule has 2 heterocycles. The van der Waals surface area contributed by atoms with E-state index in [2.05, 4.69) is 15.3 Å². The number of carbonyl (C=O) groups is 1. The molecule has 1 aliphatic rings. The highest BCUT2D eigenvalue weighted by molar-refractivity contribution is 7.89. The van der Waals surface area contributed by atoms with Crippen molar-refractivity contribution in [3.8, 4) is 0 Å². The number of sulfonamides is 1. The van der Waals surface area contributed by atoms with Crippen LogP contribution in [0, 0.1) is 5.82 Å². The van der Waals surface area contributed by atoms with Crippen LogP contribution in [0.5, 0.6) is 0 Å². The molecule has 2 aromatic carbocycles. The molecule has 0 unspecified atom stereocenters. The van der Waals surface area contributed by atoms with Crippen LogP contribution in [0.3, 0.4) is 0 Å². The first-order valence-corrected chi connectivity index (χ1v) is 12.1. The summed E-state index contributed by atoms with van der Waals surface area (Å²) in [7, 11) is -2.46. The van der Waals surface area contributed by atoms with E-state index in [-0.39, 0.29) is 30.2 Å². The van der Waals surface area contributed by atoms with Crippen LogP contribution in [0.4, 0.5) is 10.1 Å². The molecular formula is C22H23ClFN5O3S. The number of hydrogen-bond acceptors (Lipinski definition) is 5. The van der Waals surface area contributed by atoms with Gasteiger partial charge in [-0.2, -0.15) is 9.40 Å². The van der Waals surface area contributed by atoms with Crippen molar-refractivity contribution >= 4 is 33.2 Å². The van der Waals surface area contributed by atoms with Crippen molar-refractivity contribution in [1.29, 1.82) is 0 Å². The topological polar surface area (TPSA) is 87.5 Å². The Kier molecular flexibility index (Phi) is 6.68. The minimum atomic E-state index is -4.01. The molecule has 0 radical (unpaired) electrons. The van der Waals surface area contributed by atoms with Gasteiger partial charge in [-0.1, -0.05) is 35.9 Å². The molecule has 0 spiro atoms. The Morgan fingerprint density at radius 2 is 1.85 bits per heavy atom. The van der Waals surface area contributed by atoms with E-state index in [4.69, 9.17) is 11.6 Å². The molecule has 1 saturated heterocycles. The minimum absolute atomic E-state index is 0.0712. The zero-order valence-electron chi connectivity index (χ0n) is 17.9. The summed E-state index contributed by atoms with van der Waals surface area (Å²) in [6.07, 6.45) is 1.35. The average molecular weight is 492 g/mol. The summed E-state index contributed by atoms with van der Waals surface area (Å²) in [6.45, 7) is 1.35. The lowest BCUT2D eigenvalue weighted by Gasteiger charge is -2.35. The summed E-state index contributed by atoms with van der Waals surface area (Å²) in [4.78, 5) is 14.8. The predicted molar refractivity (Wildman–Crippen MR) is 123 cm³/mol. The van der Waals surface area contributed by atoms with Gasteiger partial charge in [0.15, 0.2) is 0 Å². The summed E-state index contributed by atoms with van der Waals surface area (Å²) < 4.78 is 43.1. The van der Waals surface area contributed by atoms with Crippen LogP contribution in [-0.4, -0.2) is 54.6 Å². The second kappa shape index (κ2) is 9.50. The van der Waals surface area contributed by atoms with Gasteiger partial charge < -0.3 is 10.2 Å². The Hall–Kier alpha value is -2.95. The summed E-state index contributed by atoms with van der Waals surface area (Å²) >= 11 is 6.07. The lowest BCUT2D eigenvalue weighted by atomic mass is 10.2. The first-order valence-electron chi connectivity index (χ1n) is 10.3. The quantitative estimate of drug-likeness (QED) is 0.573. The maximum atomic E-state index is 13.9. The van der Waals surface area contributed by atoms with Crippen LogP contribution in [0.1, 0.15) is 15.9 Å². The number of benzene rings is 2. The minimum Gasteiger partial charge on any atom is -0.369 e. The van der Waals surface area contributed by atoms with Crippen molar-refractivity contribution in [3.05, 3.63) is 76.7 Å². The maximum absolute atomic E-state index is 13.9. The number of hydrogen-bond donors (Lipinski definition) is 1. The Balaban J connectivity index is 1.48. The van der Waals surface area contributed by atoms with Crippen LogP contribution in [0.15, 0.2) is 59.8 Å². The Bertz CT molecular complexity index is 1270. The van der Waals surface area contributed by atoms with Gasteiger partial charge in [0.1, 0.15) is 5.82 Å². The molecule has 174 valence electrons. The molecule has 1 N–H and O–H groups in total. The second-order valence-electron chi connectivity index (χ2n) is 7.67. The van der Waals surface area contributed by atoms with E-state index in [1.165, 1.54) is 21.3 Å². The number of rotatable bonds is 6. The zero-order chi connectivity index (χ0) is 23.6. The predicted octanol–water partition coefficient (Wildman–Crippen LogP) is 2.65. The number of aromatic nitrogens is 2. The van der Waals surface area contributed by atoms with E-state index >= 15 is 0 Å². The fourth-order valence-corrected chi connectivity index (χ4v) is 5.44. The Labute approximate surface area is 196 Å². The molecule has 0 atom stereocenters. The van der Waals surface area contributed by atoms with Gasteiger partial charge in [0.2, 0.25) is 5.03 Å². The molecule has 11 heteroatoms. The Morgan fingerprint density at radius 3 is 2.55 bits per heavy atom. The molecule has 3 aromatic rings. The molecule has 1 aromatic heterocycles. The van der Waals surface area contributed by atoms with Gasteiger partial charge in [0, 0.05) is 62.2 Å². The molecule has 4 rings (SSSR count). The normalized spacial score (nSPS) is 14.9. The van der Waals surface area contributed by atoms with Gasteiger partial charge in [-0.3, -0.25) is 9.48 Å². The van der Waals surface area contributed by atoms with Crippen molar-refractivity contribution in [2.24, 2.45) is 7.05 Å². The van der Waals surface area contributed by atoms with Gasteiger partial charge in [-0.15, -0.1) is 0 Å². The number of amides is 1. The molecule has 33 heavy (non-hydrogen) atoms. The van der Waals surface area contributed by atoms with Crippen LogP contribution in [0.25, 0.3) is 0 Å². The highest BCUT2D eigenvalue weighted by Crippen LogP contribution is 2.24. The maximum Gasteiger partial charge on any atom is 0.263 e. The van der Waals surface area contributed by atoms with E-state index in [1.807, 2.05) is 18.2 Å². The second-order valence-corrected chi connectivity index (χ2v) is 9.96. The molecule has 8 nitrogen and oxygen atoms in total. The lowest BCUT2D eigenvalue weighted by Crippen LogP contribution is -2.49. The third kappa shape index (κ3) is 5.02. The summed E-state index contributed by atoms with van der Waals surface area (Å²) in [6, 6.07) is 13.5. The van der Waals surface area contributed by atoms with E-state index in [1.54, 1.807) is 31.3 Å². The van der Waals surface area contributed by atoms with E-state index < -0.39 is 21.7 Å². The van der Waals surface area contributed by atoms with Gasteiger partial charge in [0.25, 0.3) is 15.9 Å². The van der Waals surface area contributed by atoms with Crippen LogP contribution in [-0.2, 0) is 23.6 Å². The first kappa shape index (κ1) is 23.2. The van der Waals surface area contributed by atoms with Gasteiger partial charge in [-0.25, -0.2) is 12.8 Å². The smallest absolute Gasteiger partial charge is 0.263 e. The number of nitrogens with one attached hydrogen (secondary N) is 1. The number of aryl methyl sites for hydroxylation is 1. The zero-order valence-corrected chi connectivity index (χ0v) is 19.5. The van der Waals surface area contributed by atoms with Crippen molar-refractivity contribution in [2.45, 2.75) is 11.6 Å². The van der Waals surface area contributed by atoms with Crippen LogP contribution < -0.4 is 10.2 Å². The SMILES string of the molecule is Cn1cc(C(=O)NCc2ccccc2F)c(S(=O)(=O)N2CCN(c3cccc(Cl)c3)CC2)n1. The first-order chi connectivity index (χ1) is 15.8. The highest BCUT2D eigenvalue weighted by Gasteiger charge is 2.34. The van der Waals surface area contributed by atoms with E-state index in [9.17, 15) is 17.6 Å². The van der Waals surface area contributed by atoms with Crippen LogP contribution >= 0.6 is 11.6 Å². The fourth-order valence-electron chi connectivity index (χ4n) is 3.71. The van der Waals surface area contributed by atoms with E-state index in [0.29, 0.717) is 23.7 Å².